The summed E-state index contributed by atoms with van der Waals surface area (Å²) in [6.45, 7) is 3.84. The Hall–Kier alpha value is -3.21. The highest BCUT2D eigenvalue weighted by atomic mass is 16.5. The van der Waals surface area contributed by atoms with Gasteiger partial charge in [0.25, 0.3) is 0 Å². The molecule has 1 fully saturated rings. The Morgan fingerprint density at radius 2 is 1.64 bits per heavy atom. The first-order valence-electron chi connectivity index (χ1n) is 9.37. The zero-order valence-corrected chi connectivity index (χ0v) is 15.8. The molecule has 1 aliphatic heterocycles. The quantitative estimate of drug-likeness (QED) is 0.351. The van der Waals surface area contributed by atoms with Crippen LogP contribution in [-0.2, 0) is 9.59 Å². The Kier molecular flexibility index (Phi) is 4.59. The average molecular weight is 375 g/mol. The number of anilines is 1. The highest BCUT2D eigenvalue weighted by Gasteiger charge is 2.48. The molecule has 2 aromatic carbocycles. The number of benzene rings is 2. The number of rotatable bonds is 3. The number of imide groups is 1. The fraction of sp³-hybridized carbons (Fsp3) is 0.261. The fourth-order valence-electron chi connectivity index (χ4n) is 3.92. The third-order valence-corrected chi connectivity index (χ3v) is 5.49. The lowest BCUT2D eigenvalue weighted by atomic mass is 9.82. The van der Waals surface area contributed by atoms with E-state index in [0.29, 0.717) is 29.8 Å². The van der Waals surface area contributed by atoms with Crippen LogP contribution in [0.15, 0.2) is 60.2 Å². The molecule has 0 N–H and O–H groups in total. The van der Waals surface area contributed by atoms with E-state index in [2.05, 4.69) is 0 Å². The summed E-state index contributed by atoms with van der Waals surface area (Å²) in [5.41, 5.74) is 3.01. The molecule has 2 aliphatic rings. The third-order valence-electron chi connectivity index (χ3n) is 5.49. The van der Waals surface area contributed by atoms with Gasteiger partial charge in [-0.2, -0.15) is 0 Å². The van der Waals surface area contributed by atoms with Crippen molar-refractivity contribution in [1.29, 1.82) is 0 Å². The van der Waals surface area contributed by atoms with E-state index in [9.17, 15) is 14.4 Å². The first kappa shape index (κ1) is 18.2. The Morgan fingerprint density at radius 1 is 0.964 bits per heavy atom. The molecule has 5 nitrogen and oxygen atoms in total. The molecule has 1 heterocycles. The topological polar surface area (TPSA) is 63.7 Å². The summed E-state index contributed by atoms with van der Waals surface area (Å²) in [5.74, 6) is -0.904. The molecule has 2 aromatic rings. The van der Waals surface area contributed by atoms with Crippen LogP contribution < -0.4 is 9.64 Å². The van der Waals surface area contributed by atoms with Crippen molar-refractivity contribution in [1.82, 2.24) is 0 Å². The fourth-order valence-corrected chi connectivity index (χ4v) is 3.92. The molecule has 28 heavy (non-hydrogen) atoms. The lowest BCUT2D eigenvalue weighted by molar-refractivity contribution is -0.122. The van der Waals surface area contributed by atoms with Crippen molar-refractivity contribution in [3.8, 4) is 5.75 Å². The second kappa shape index (κ2) is 7.08. The van der Waals surface area contributed by atoms with E-state index in [1.165, 1.54) is 4.90 Å². The zero-order valence-electron chi connectivity index (χ0n) is 15.8. The van der Waals surface area contributed by atoms with E-state index in [0.717, 1.165) is 11.1 Å². The lowest BCUT2D eigenvalue weighted by Gasteiger charge is -2.18. The SMILES string of the molecule is CC1=CC[C@@H]2C(=O)N(c3ccc(OC(=O)c4ccccc4C)cc3)C(=O)[C@@H]2C1. The molecule has 0 bridgehead atoms. The molecule has 2 atom stereocenters. The molecule has 1 saturated heterocycles. The first-order valence-corrected chi connectivity index (χ1v) is 9.37. The van der Waals surface area contributed by atoms with E-state index in [-0.39, 0.29) is 23.7 Å². The number of amides is 2. The molecule has 5 heteroatoms. The number of carbonyl (C=O) groups is 3. The van der Waals surface area contributed by atoms with Crippen molar-refractivity contribution in [2.24, 2.45) is 11.8 Å². The molecule has 142 valence electrons. The molecule has 1 aliphatic carbocycles. The predicted molar refractivity (Wildman–Crippen MR) is 105 cm³/mol. The number of allylic oxidation sites excluding steroid dienone is 2. The van der Waals surface area contributed by atoms with Gasteiger partial charge in [-0.1, -0.05) is 29.8 Å². The molecule has 4 rings (SSSR count). The maximum absolute atomic E-state index is 12.8. The standard InChI is InChI=1S/C23H21NO4/c1-14-7-12-19-20(13-14)22(26)24(21(19)25)16-8-10-17(11-9-16)28-23(27)18-6-4-3-5-15(18)2/h3-11,19-20H,12-13H2,1-2H3/t19-,20+/m0/s1. The Bertz CT molecular complexity index is 990. The highest BCUT2D eigenvalue weighted by Crippen LogP contribution is 2.40. The minimum absolute atomic E-state index is 0.146. The molecule has 0 unspecified atom stereocenters. The monoisotopic (exact) mass is 375 g/mol. The van der Waals surface area contributed by atoms with Crippen LogP contribution in [-0.4, -0.2) is 17.8 Å². The summed E-state index contributed by atoms with van der Waals surface area (Å²) < 4.78 is 5.43. The molecule has 2 amide bonds. The van der Waals surface area contributed by atoms with Gasteiger partial charge in [0.2, 0.25) is 11.8 Å². The van der Waals surface area contributed by atoms with Crippen LogP contribution in [0.4, 0.5) is 5.69 Å². The normalized spacial score (nSPS) is 21.4. The summed E-state index contributed by atoms with van der Waals surface area (Å²) in [6.07, 6.45) is 3.30. The summed E-state index contributed by atoms with van der Waals surface area (Å²) in [6, 6.07) is 13.7. The van der Waals surface area contributed by atoms with Gasteiger partial charge >= 0.3 is 5.97 Å². The number of fused-ring (bicyclic) bond motifs is 1. The van der Waals surface area contributed by atoms with Crippen LogP contribution in [0, 0.1) is 18.8 Å². The van der Waals surface area contributed by atoms with E-state index in [1.807, 2.05) is 32.1 Å². The van der Waals surface area contributed by atoms with E-state index >= 15 is 0 Å². The molecule has 0 radical (unpaired) electrons. The number of hydrogen-bond donors (Lipinski definition) is 0. The summed E-state index contributed by atoms with van der Waals surface area (Å²) in [5, 5.41) is 0. The van der Waals surface area contributed by atoms with Crippen LogP contribution in [0.25, 0.3) is 0 Å². The number of ether oxygens (including phenoxy) is 1. The van der Waals surface area contributed by atoms with E-state index in [4.69, 9.17) is 4.74 Å². The van der Waals surface area contributed by atoms with Crippen LogP contribution in [0.2, 0.25) is 0 Å². The second-order valence-electron chi connectivity index (χ2n) is 7.41. The van der Waals surface area contributed by atoms with Gasteiger partial charge in [-0.15, -0.1) is 0 Å². The van der Waals surface area contributed by atoms with Gasteiger partial charge in [0.05, 0.1) is 23.1 Å². The van der Waals surface area contributed by atoms with Crippen molar-refractivity contribution in [2.75, 3.05) is 4.90 Å². The minimum atomic E-state index is -0.438. The predicted octanol–water partition coefficient (Wildman–Crippen LogP) is 4.06. The maximum atomic E-state index is 12.8. The number of nitrogens with zero attached hydrogens (tertiary/aromatic N) is 1. The van der Waals surface area contributed by atoms with Crippen molar-refractivity contribution in [3.63, 3.8) is 0 Å². The molecule has 0 spiro atoms. The zero-order chi connectivity index (χ0) is 19.8. The van der Waals surface area contributed by atoms with Crippen LogP contribution >= 0.6 is 0 Å². The summed E-state index contributed by atoms with van der Waals surface area (Å²) in [7, 11) is 0. The van der Waals surface area contributed by atoms with Crippen LogP contribution in [0.5, 0.6) is 5.75 Å². The Labute approximate surface area is 163 Å². The Balaban J connectivity index is 1.51. The summed E-state index contributed by atoms with van der Waals surface area (Å²) >= 11 is 0. The largest absolute Gasteiger partial charge is 0.423 e. The van der Waals surface area contributed by atoms with Gasteiger partial charge in [0.1, 0.15) is 5.75 Å². The van der Waals surface area contributed by atoms with Crippen LogP contribution in [0.1, 0.15) is 35.7 Å². The second-order valence-corrected chi connectivity index (χ2v) is 7.41. The Morgan fingerprint density at radius 3 is 2.36 bits per heavy atom. The van der Waals surface area contributed by atoms with Crippen molar-refractivity contribution < 1.29 is 19.1 Å². The number of esters is 1. The maximum Gasteiger partial charge on any atom is 0.343 e. The van der Waals surface area contributed by atoms with Gasteiger partial charge in [0, 0.05) is 0 Å². The van der Waals surface area contributed by atoms with Gasteiger partial charge in [-0.3, -0.25) is 14.5 Å². The third kappa shape index (κ3) is 3.13. The smallest absolute Gasteiger partial charge is 0.343 e. The van der Waals surface area contributed by atoms with Gasteiger partial charge in [-0.05, 0) is 62.6 Å². The van der Waals surface area contributed by atoms with Crippen molar-refractivity contribution in [3.05, 3.63) is 71.3 Å². The highest BCUT2D eigenvalue weighted by molar-refractivity contribution is 6.22. The minimum Gasteiger partial charge on any atom is -0.423 e. The van der Waals surface area contributed by atoms with Crippen molar-refractivity contribution >= 4 is 23.5 Å². The average Bonchev–Trinajstić information content (AvgIpc) is 2.93. The van der Waals surface area contributed by atoms with Gasteiger partial charge in [-0.25, -0.2) is 4.79 Å². The van der Waals surface area contributed by atoms with E-state index < -0.39 is 5.97 Å². The lowest BCUT2D eigenvalue weighted by Crippen LogP contribution is -2.30. The van der Waals surface area contributed by atoms with Crippen LogP contribution in [0.3, 0.4) is 0 Å². The number of carbonyl (C=O) groups excluding carboxylic acids is 3. The molecule has 0 aromatic heterocycles. The van der Waals surface area contributed by atoms with Gasteiger partial charge in [0.15, 0.2) is 0 Å². The summed E-state index contributed by atoms with van der Waals surface area (Å²) in [4.78, 5) is 39.1. The van der Waals surface area contributed by atoms with Crippen molar-refractivity contribution in [2.45, 2.75) is 26.7 Å². The molecule has 0 saturated carbocycles. The first-order chi connectivity index (χ1) is 13.5. The number of hydrogen-bond acceptors (Lipinski definition) is 4. The van der Waals surface area contributed by atoms with E-state index in [1.54, 1.807) is 36.4 Å². The molecular formula is C23H21NO4. The van der Waals surface area contributed by atoms with Gasteiger partial charge < -0.3 is 4.74 Å². The molecular weight excluding hydrogens is 354 g/mol. The number of aryl methyl sites for hydroxylation is 1.